The molecule has 3 atom stereocenters. The van der Waals surface area contributed by atoms with E-state index in [0.717, 1.165) is 4.47 Å². The van der Waals surface area contributed by atoms with Gasteiger partial charge in [0.25, 0.3) is 0 Å². The number of rotatable bonds is 1. The Balaban J connectivity index is 2.19. The Morgan fingerprint density at radius 3 is 2.29 bits per heavy atom. The van der Waals surface area contributed by atoms with Gasteiger partial charge in [0.05, 0.1) is 17.0 Å². The zero-order valence-electron chi connectivity index (χ0n) is 7.37. The van der Waals surface area contributed by atoms with E-state index in [1.54, 1.807) is 0 Å². The number of halogens is 2. The average Bonchev–Trinajstić information content (AvgIpc) is 2.50. The highest BCUT2D eigenvalue weighted by atomic mass is 79.9. The van der Waals surface area contributed by atoms with E-state index in [0.29, 0.717) is 0 Å². The Bertz CT molecular complexity index is 314. The normalized spacial score (nSPS) is 32.1. The Morgan fingerprint density at radius 1 is 1.14 bits per heavy atom. The van der Waals surface area contributed by atoms with Crippen LogP contribution in [0.25, 0.3) is 0 Å². The summed E-state index contributed by atoms with van der Waals surface area (Å²) in [6.07, 6.45) is -0.0522. The molecule has 3 nitrogen and oxygen atoms in total. The van der Waals surface area contributed by atoms with Crippen LogP contribution < -0.4 is 16.6 Å². The molecule has 1 aliphatic rings. The fourth-order valence-corrected chi connectivity index (χ4v) is 2.32. The Morgan fingerprint density at radius 2 is 1.79 bits per heavy atom. The van der Waals surface area contributed by atoms with Gasteiger partial charge in [-0.2, -0.15) is 0 Å². The van der Waals surface area contributed by atoms with Gasteiger partial charge in [-0.3, -0.25) is 0 Å². The predicted octanol–water partition coefficient (Wildman–Crippen LogP) is 1.65. The van der Waals surface area contributed by atoms with Gasteiger partial charge in [-0.15, -0.1) is 0 Å². The summed E-state index contributed by atoms with van der Waals surface area (Å²) in [5.41, 5.74) is 13.2. The quantitative estimate of drug-likeness (QED) is 0.690. The Kier molecular flexibility index (Phi) is 3.23. The minimum absolute atomic E-state index is 0.0522. The molecule has 1 saturated heterocycles. The van der Waals surface area contributed by atoms with E-state index in [4.69, 9.17) is 5.73 Å². The summed E-state index contributed by atoms with van der Waals surface area (Å²) >= 11 is 6.97. The molecule has 76 valence electrons. The van der Waals surface area contributed by atoms with Crippen LogP contribution in [0.2, 0.25) is 0 Å². The van der Waals surface area contributed by atoms with Crippen LogP contribution >= 0.6 is 31.9 Å². The first-order chi connectivity index (χ1) is 6.68. The van der Waals surface area contributed by atoms with Crippen molar-refractivity contribution in [3.8, 4) is 0 Å². The molecule has 1 heterocycles. The fraction of sp³-hybridized carbons (Fsp3) is 0.333. The molecule has 1 aliphatic heterocycles. The summed E-state index contributed by atoms with van der Waals surface area (Å²) in [6, 6.07) is 8.44. The lowest BCUT2D eigenvalue weighted by Crippen LogP contribution is -2.39. The largest absolute Gasteiger partial charge is 0.314 e. The summed E-state index contributed by atoms with van der Waals surface area (Å²) in [5.74, 6) is 0. The highest BCUT2D eigenvalue weighted by Crippen LogP contribution is 2.27. The number of benzene rings is 1. The van der Waals surface area contributed by atoms with E-state index >= 15 is 0 Å². The summed E-state index contributed by atoms with van der Waals surface area (Å²) in [4.78, 5) is 0.212. The first-order valence-electron chi connectivity index (χ1n) is 4.34. The van der Waals surface area contributed by atoms with Crippen molar-refractivity contribution < 1.29 is 0 Å². The third-order valence-electron chi connectivity index (χ3n) is 2.30. The monoisotopic (exact) mass is 319 g/mol. The van der Waals surface area contributed by atoms with Crippen molar-refractivity contribution in [2.45, 2.75) is 17.0 Å². The maximum absolute atomic E-state index is 5.81. The molecular formula is C9H11Br2N3. The topological polar surface area (TPSA) is 50.1 Å². The zero-order valence-corrected chi connectivity index (χ0v) is 10.5. The van der Waals surface area contributed by atoms with E-state index < -0.39 is 0 Å². The van der Waals surface area contributed by atoms with Crippen molar-refractivity contribution in [1.82, 2.24) is 10.9 Å². The summed E-state index contributed by atoms with van der Waals surface area (Å²) in [6.45, 7) is 0. The molecule has 0 aromatic heterocycles. The van der Waals surface area contributed by atoms with E-state index in [1.165, 1.54) is 5.56 Å². The molecule has 1 aromatic rings. The van der Waals surface area contributed by atoms with Gasteiger partial charge in [-0.1, -0.05) is 44.0 Å². The number of nitrogens with one attached hydrogen (secondary N) is 2. The number of hydrazine groups is 1. The highest BCUT2D eigenvalue weighted by molar-refractivity contribution is 9.10. The summed E-state index contributed by atoms with van der Waals surface area (Å²) in [7, 11) is 0. The molecule has 0 radical (unpaired) electrons. The van der Waals surface area contributed by atoms with Crippen LogP contribution in [0, 0.1) is 0 Å². The van der Waals surface area contributed by atoms with Crippen LogP contribution in [0.15, 0.2) is 28.7 Å². The van der Waals surface area contributed by atoms with Gasteiger partial charge in [-0.05, 0) is 17.7 Å². The van der Waals surface area contributed by atoms with Gasteiger partial charge in [-0.25, -0.2) is 10.9 Å². The fourth-order valence-electron chi connectivity index (χ4n) is 1.49. The number of nitrogens with two attached hydrogens (primary N) is 1. The number of hydrogen-bond acceptors (Lipinski definition) is 3. The van der Waals surface area contributed by atoms with E-state index in [-0.39, 0.29) is 17.0 Å². The second kappa shape index (κ2) is 4.28. The molecule has 0 amide bonds. The maximum atomic E-state index is 5.81. The summed E-state index contributed by atoms with van der Waals surface area (Å²) in [5, 5.41) is 0. The first kappa shape index (κ1) is 10.6. The van der Waals surface area contributed by atoms with Gasteiger partial charge in [0, 0.05) is 4.47 Å². The second-order valence-electron chi connectivity index (χ2n) is 3.29. The van der Waals surface area contributed by atoms with Gasteiger partial charge >= 0.3 is 0 Å². The smallest absolute Gasteiger partial charge is 0.0825 e. The zero-order chi connectivity index (χ0) is 10.1. The number of hydrogen-bond donors (Lipinski definition) is 3. The lowest BCUT2D eigenvalue weighted by atomic mass is 10.1. The Labute approximate surface area is 99.7 Å². The average molecular weight is 321 g/mol. The number of alkyl halides is 1. The molecule has 14 heavy (non-hydrogen) atoms. The van der Waals surface area contributed by atoms with Gasteiger partial charge in [0.1, 0.15) is 0 Å². The third-order valence-corrected chi connectivity index (χ3v) is 3.92. The van der Waals surface area contributed by atoms with Crippen LogP contribution in [0.3, 0.4) is 0 Å². The van der Waals surface area contributed by atoms with Gasteiger partial charge < -0.3 is 5.73 Å². The van der Waals surface area contributed by atoms with Crippen LogP contribution in [0.5, 0.6) is 0 Å². The van der Waals surface area contributed by atoms with Crippen LogP contribution in [0.4, 0.5) is 0 Å². The molecular weight excluding hydrogens is 310 g/mol. The Hall–Kier alpha value is 0.0600. The standard InChI is InChI=1S/C9H11Br2N3/c10-6-3-1-5(2-4-6)8-7(11)9(12)14-13-8/h1-4,7-9,13-14H,12H2. The van der Waals surface area contributed by atoms with Crippen molar-refractivity contribution in [3.63, 3.8) is 0 Å². The minimum Gasteiger partial charge on any atom is -0.314 e. The molecule has 0 saturated carbocycles. The third kappa shape index (κ3) is 2.01. The molecule has 1 fully saturated rings. The van der Waals surface area contributed by atoms with E-state index in [2.05, 4.69) is 54.8 Å². The summed E-state index contributed by atoms with van der Waals surface area (Å²) < 4.78 is 1.09. The highest BCUT2D eigenvalue weighted by Gasteiger charge is 2.32. The van der Waals surface area contributed by atoms with Gasteiger partial charge in [0.2, 0.25) is 0 Å². The lowest BCUT2D eigenvalue weighted by Gasteiger charge is -2.14. The van der Waals surface area contributed by atoms with Crippen molar-refractivity contribution in [2.24, 2.45) is 5.73 Å². The van der Waals surface area contributed by atoms with Crippen LogP contribution in [0.1, 0.15) is 11.6 Å². The maximum Gasteiger partial charge on any atom is 0.0825 e. The molecule has 3 unspecified atom stereocenters. The van der Waals surface area contributed by atoms with E-state index in [9.17, 15) is 0 Å². The predicted molar refractivity (Wildman–Crippen MR) is 63.8 cm³/mol. The van der Waals surface area contributed by atoms with Gasteiger partial charge in [0.15, 0.2) is 0 Å². The van der Waals surface area contributed by atoms with Crippen LogP contribution in [-0.2, 0) is 0 Å². The van der Waals surface area contributed by atoms with Crippen molar-refractivity contribution in [3.05, 3.63) is 34.3 Å². The SMILES string of the molecule is NC1NNC(c2ccc(Br)cc2)C1Br. The first-order valence-corrected chi connectivity index (χ1v) is 6.05. The second-order valence-corrected chi connectivity index (χ2v) is 5.26. The van der Waals surface area contributed by atoms with Crippen molar-refractivity contribution in [1.29, 1.82) is 0 Å². The molecule has 0 aliphatic carbocycles. The van der Waals surface area contributed by atoms with Crippen molar-refractivity contribution in [2.75, 3.05) is 0 Å². The molecule has 5 heteroatoms. The molecule has 0 bridgehead atoms. The molecule has 0 spiro atoms. The van der Waals surface area contributed by atoms with E-state index in [1.807, 2.05) is 12.1 Å². The molecule has 4 N–H and O–H groups in total. The molecule has 1 aromatic carbocycles. The molecule has 2 rings (SSSR count). The van der Waals surface area contributed by atoms with Crippen LogP contribution in [-0.4, -0.2) is 11.0 Å². The minimum atomic E-state index is -0.0522. The van der Waals surface area contributed by atoms with Crippen molar-refractivity contribution >= 4 is 31.9 Å². The lowest BCUT2D eigenvalue weighted by molar-refractivity contribution is 0.552.